The van der Waals surface area contributed by atoms with Gasteiger partial charge < -0.3 is 5.11 Å². The zero-order valence-corrected chi connectivity index (χ0v) is 10.3. The van der Waals surface area contributed by atoms with E-state index in [-0.39, 0.29) is 18.5 Å². The number of halogens is 3. The monoisotopic (exact) mass is 284 g/mol. The van der Waals surface area contributed by atoms with Gasteiger partial charge in [-0.1, -0.05) is 12.1 Å². The van der Waals surface area contributed by atoms with Crippen molar-refractivity contribution in [1.82, 2.24) is 9.78 Å². The largest absolute Gasteiger partial charge is 0.481 e. The Morgan fingerprint density at radius 2 is 2.00 bits per heavy atom. The number of benzene rings is 1. The molecule has 0 spiro atoms. The molecule has 4 nitrogen and oxygen atoms in total. The van der Waals surface area contributed by atoms with Crippen molar-refractivity contribution in [3.05, 3.63) is 47.8 Å². The smallest absolute Gasteiger partial charge is 0.418 e. The molecule has 2 rings (SSSR count). The number of nitrogens with zero attached hydrogens (tertiary/aromatic N) is 2. The lowest BCUT2D eigenvalue weighted by atomic mass is 10.1. The molecule has 7 heteroatoms. The van der Waals surface area contributed by atoms with Gasteiger partial charge in [0, 0.05) is 12.6 Å². The molecule has 0 aliphatic carbocycles. The van der Waals surface area contributed by atoms with Crippen molar-refractivity contribution in [2.45, 2.75) is 19.0 Å². The van der Waals surface area contributed by atoms with Crippen LogP contribution >= 0.6 is 0 Å². The Labute approximate surface area is 112 Å². The first-order valence-electron chi connectivity index (χ1n) is 5.80. The first-order valence-corrected chi connectivity index (χ1v) is 5.80. The number of carboxylic acid groups (broad SMARTS) is 1. The normalized spacial score (nSPS) is 11.6. The number of hydrogen-bond acceptors (Lipinski definition) is 2. The van der Waals surface area contributed by atoms with Gasteiger partial charge in [-0.15, -0.1) is 0 Å². The molecule has 1 aromatic carbocycles. The topological polar surface area (TPSA) is 55.1 Å². The molecule has 2 aromatic rings. The number of aliphatic carboxylic acids is 1. The second-order valence-electron chi connectivity index (χ2n) is 4.20. The summed E-state index contributed by atoms with van der Waals surface area (Å²) in [4.78, 5) is 10.5. The highest BCUT2D eigenvalue weighted by molar-refractivity contribution is 5.67. The maximum absolute atomic E-state index is 12.9. The highest BCUT2D eigenvalue weighted by atomic mass is 19.4. The number of aryl methyl sites for hydroxylation is 1. The van der Waals surface area contributed by atoms with Gasteiger partial charge in [-0.05, 0) is 24.1 Å². The molecule has 0 aliphatic rings. The van der Waals surface area contributed by atoms with Crippen LogP contribution in [0.1, 0.15) is 17.5 Å². The molecule has 0 saturated heterocycles. The van der Waals surface area contributed by atoms with E-state index in [0.29, 0.717) is 5.56 Å². The fourth-order valence-corrected chi connectivity index (χ4v) is 1.79. The summed E-state index contributed by atoms with van der Waals surface area (Å²) in [5.41, 5.74) is -0.293. The minimum Gasteiger partial charge on any atom is -0.481 e. The van der Waals surface area contributed by atoms with Crippen LogP contribution in [0.3, 0.4) is 0 Å². The number of hydrogen-bond donors (Lipinski definition) is 1. The zero-order valence-electron chi connectivity index (χ0n) is 10.3. The molecule has 0 bridgehead atoms. The van der Waals surface area contributed by atoms with Crippen LogP contribution in [0.25, 0.3) is 5.69 Å². The van der Waals surface area contributed by atoms with Crippen LogP contribution < -0.4 is 0 Å². The third kappa shape index (κ3) is 3.17. The molecule has 0 aliphatic heterocycles. The average Bonchev–Trinajstić information content (AvgIpc) is 2.84. The highest BCUT2D eigenvalue weighted by Crippen LogP contribution is 2.33. The average molecular weight is 284 g/mol. The van der Waals surface area contributed by atoms with Gasteiger partial charge in [0.2, 0.25) is 0 Å². The number of alkyl halides is 3. The Balaban J connectivity index is 2.31. The summed E-state index contributed by atoms with van der Waals surface area (Å²) < 4.78 is 39.7. The SMILES string of the molecule is O=C(O)CCc1cnn(-c2ccccc2C(F)(F)F)c1. The molecule has 1 N–H and O–H groups in total. The van der Waals surface area contributed by atoms with Crippen LogP contribution in [0.2, 0.25) is 0 Å². The van der Waals surface area contributed by atoms with Gasteiger partial charge in [0.25, 0.3) is 0 Å². The molecule has 0 radical (unpaired) electrons. The second-order valence-corrected chi connectivity index (χ2v) is 4.20. The molecule has 0 saturated carbocycles. The van der Waals surface area contributed by atoms with Crippen LogP contribution in [-0.4, -0.2) is 20.9 Å². The van der Waals surface area contributed by atoms with Crippen LogP contribution in [-0.2, 0) is 17.4 Å². The summed E-state index contributed by atoms with van der Waals surface area (Å²) in [6, 6.07) is 5.09. The molecule has 0 unspecified atom stereocenters. The van der Waals surface area contributed by atoms with E-state index in [0.717, 1.165) is 10.7 Å². The molecule has 0 amide bonds. The van der Waals surface area contributed by atoms with Gasteiger partial charge in [-0.2, -0.15) is 18.3 Å². The number of rotatable bonds is 4. The van der Waals surface area contributed by atoms with Crippen molar-refractivity contribution in [2.24, 2.45) is 0 Å². The van der Waals surface area contributed by atoms with E-state index < -0.39 is 17.7 Å². The van der Waals surface area contributed by atoms with Gasteiger partial charge in [-0.25, -0.2) is 4.68 Å². The molecule has 1 heterocycles. The summed E-state index contributed by atoms with van der Waals surface area (Å²) in [5.74, 6) is -0.964. The fourth-order valence-electron chi connectivity index (χ4n) is 1.79. The van der Waals surface area contributed by atoms with Gasteiger partial charge in [0.05, 0.1) is 17.4 Å². The van der Waals surface area contributed by atoms with E-state index in [1.54, 1.807) is 0 Å². The minimum atomic E-state index is -4.47. The molecule has 1 aromatic heterocycles. The van der Waals surface area contributed by atoms with Crippen molar-refractivity contribution in [2.75, 3.05) is 0 Å². The van der Waals surface area contributed by atoms with E-state index in [2.05, 4.69) is 5.10 Å². The van der Waals surface area contributed by atoms with Crippen molar-refractivity contribution in [3.8, 4) is 5.69 Å². The van der Waals surface area contributed by atoms with E-state index in [9.17, 15) is 18.0 Å². The standard InChI is InChI=1S/C13H11F3N2O2/c14-13(15,16)10-3-1-2-4-11(10)18-8-9(7-17-18)5-6-12(19)20/h1-4,7-8H,5-6H2,(H,19,20). The summed E-state index contributed by atoms with van der Waals surface area (Å²) in [6.45, 7) is 0. The summed E-state index contributed by atoms with van der Waals surface area (Å²) in [6.07, 6.45) is -1.55. The lowest BCUT2D eigenvalue weighted by molar-refractivity contribution is -0.138. The predicted octanol–water partition coefficient (Wildman–Crippen LogP) is 2.91. The lowest BCUT2D eigenvalue weighted by Crippen LogP contribution is -2.10. The second kappa shape index (κ2) is 5.36. The van der Waals surface area contributed by atoms with Gasteiger partial charge in [-0.3, -0.25) is 4.79 Å². The summed E-state index contributed by atoms with van der Waals surface area (Å²) in [7, 11) is 0. The van der Waals surface area contributed by atoms with Crippen molar-refractivity contribution in [1.29, 1.82) is 0 Å². The van der Waals surface area contributed by atoms with Crippen molar-refractivity contribution >= 4 is 5.97 Å². The maximum atomic E-state index is 12.9. The number of aromatic nitrogens is 2. The predicted molar refractivity (Wildman–Crippen MR) is 64.5 cm³/mol. The Morgan fingerprint density at radius 1 is 1.30 bits per heavy atom. The van der Waals surface area contributed by atoms with Gasteiger partial charge >= 0.3 is 12.1 Å². The van der Waals surface area contributed by atoms with E-state index in [1.807, 2.05) is 0 Å². The third-order valence-corrected chi connectivity index (χ3v) is 2.72. The molecular formula is C13H11F3N2O2. The van der Waals surface area contributed by atoms with E-state index in [1.165, 1.54) is 30.6 Å². The van der Waals surface area contributed by atoms with Gasteiger partial charge in [0.1, 0.15) is 0 Å². The Hall–Kier alpha value is -2.31. The van der Waals surface area contributed by atoms with Crippen LogP contribution in [0.4, 0.5) is 13.2 Å². The fraction of sp³-hybridized carbons (Fsp3) is 0.231. The summed E-state index contributed by atoms with van der Waals surface area (Å²) >= 11 is 0. The molecule has 106 valence electrons. The van der Waals surface area contributed by atoms with Crippen LogP contribution in [0.15, 0.2) is 36.7 Å². The number of carboxylic acids is 1. The van der Waals surface area contributed by atoms with Crippen molar-refractivity contribution in [3.63, 3.8) is 0 Å². The third-order valence-electron chi connectivity index (χ3n) is 2.72. The minimum absolute atomic E-state index is 0.0819. The highest BCUT2D eigenvalue weighted by Gasteiger charge is 2.33. The lowest BCUT2D eigenvalue weighted by Gasteiger charge is -2.12. The molecule has 20 heavy (non-hydrogen) atoms. The first-order chi connectivity index (χ1) is 9.38. The summed E-state index contributed by atoms with van der Waals surface area (Å²) in [5, 5.41) is 12.4. The Kier molecular flexibility index (Phi) is 3.78. The molecule has 0 fully saturated rings. The molecule has 0 atom stereocenters. The molecular weight excluding hydrogens is 273 g/mol. The van der Waals surface area contributed by atoms with Crippen LogP contribution in [0.5, 0.6) is 0 Å². The number of carbonyl (C=O) groups is 1. The number of para-hydroxylation sites is 1. The Morgan fingerprint density at radius 3 is 2.65 bits per heavy atom. The van der Waals surface area contributed by atoms with E-state index >= 15 is 0 Å². The van der Waals surface area contributed by atoms with E-state index in [4.69, 9.17) is 5.11 Å². The van der Waals surface area contributed by atoms with Crippen LogP contribution in [0, 0.1) is 0 Å². The Bertz CT molecular complexity index is 620. The zero-order chi connectivity index (χ0) is 14.8. The quantitative estimate of drug-likeness (QED) is 0.939. The first kappa shape index (κ1) is 14.1. The van der Waals surface area contributed by atoms with Crippen molar-refractivity contribution < 1.29 is 23.1 Å². The maximum Gasteiger partial charge on any atom is 0.418 e. The van der Waals surface area contributed by atoms with Gasteiger partial charge in [0.15, 0.2) is 0 Å².